The molecule has 0 fully saturated rings. The van der Waals surface area contributed by atoms with Crippen LogP contribution in [0.25, 0.3) is 0 Å². The third-order valence-electron chi connectivity index (χ3n) is 2.85. The number of unbranched alkanes of at least 4 members (excludes halogenated alkanes) is 1. The van der Waals surface area contributed by atoms with E-state index in [4.69, 9.17) is 4.74 Å². The highest BCUT2D eigenvalue weighted by atomic mass is 32.2. The van der Waals surface area contributed by atoms with Crippen molar-refractivity contribution in [2.45, 2.75) is 19.8 Å². The Labute approximate surface area is 125 Å². The van der Waals surface area contributed by atoms with Crippen molar-refractivity contribution in [3.05, 3.63) is 29.8 Å². The van der Waals surface area contributed by atoms with Gasteiger partial charge in [0, 0.05) is 13.1 Å². The van der Waals surface area contributed by atoms with Gasteiger partial charge in [-0.2, -0.15) is 0 Å². The van der Waals surface area contributed by atoms with Gasteiger partial charge in [0.1, 0.15) is 5.75 Å². The Bertz CT molecular complexity index is 558. The van der Waals surface area contributed by atoms with Gasteiger partial charge in [0.25, 0.3) is 5.91 Å². The van der Waals surface area contributed by atoms with Crippen LogP contribution in [0.15, 0.2) is 24.3 Å². The minimum atomic E-state index is -3.25. The number of amides is 1. The second-order valence-corrected chi connectivity index (χ2v) is 6.45. The van der Waals surface area contributed by atoms with E-state index in [2.05, 4.69) is 10.0 Å². The second-order valence-electron chi connectivity index (χ2n) is 4.52. The van der Waals surface area contributed by atoms with E-state index in [9.17, 15) is 13.2 Å². The Morgan fingerprint density at radius 3 is 2.62 bits per heavy atom. The molecule has 0 spiro atoms. The highest BCUT2D eigenvalue weighted by Gasteiger charge is 2.12. The summed E-state index contributed by atoms with van der Waals surface area (Å²) in [7, 11) is -1.75. The summed E-state index contributed by atoms with van der Waals surface area (Å²) in [4.78, 5) is 12.0. The molecule has 0 radical (unpaired) electrons. The second kappa shape index (κ2) is 8.63. The molecule has 1 aromatic carbocycles. The maximum absolute atomic E-state index is 12.0. The SMILES string of the molecule is CCCCS(=O)(=O)NCCNC(=O)c1ccccc1OC. The lowest BCUT2D eigenvalue weighted by Crippen LogP contribution is -2.35. The Kier molecular flexibility index (Phi) is 7.18. The highest BCUT2D eigenvalue weighted by Crippen LogP contribution is 2.16. The van der Waals surface area contributed by atoms with E-state index in [-0.39, 0.29) is 24.7 Å². The van der Waals surface area contributed by atoms with Gasteiger partial charge in [0.05, 0.1) is 18.4 Å². The van der Waals surface area contributed by atoms with Crippen molar-refractivity contribution in [1.82, 2.24) is 10.0 Å². The van der Waals surface area contributed by atoms with Gasteiger partial charge < -0.3 is 10.1 Å². The molecule has 0 aliphatic heterocycles. The predicted molar refractivity (Wildman–Crippen MR) is 82.0 cm³/mol. The van der Waals surface area contributed by atoms with Gasteiger partial charge in [-0.3, -0.25) is 4.79 Å². The number of methoxy groups -OCH3 is 1. The van der Waals surface area contributed by atoms with Gasteiger partial charge in [0.15, 0.2) is 0 Å². The fraction of sp³-hybridized carbons (Fsp3) is 0.500. The minimum absolute atomic E-state index is 0.115. The van der Waals surface area contributed by atoms with E-state index in [1.807, 2.05) is 6.92 Å². The number of ether oxygens (including phenoxy) is 1. The standard InChI is InChI=1S/C14H22N2O4S/c1-3-4-11-21(18,19)16-10-9-15-14(17)12-7-5-6-8-13(12)20-2/h5-8,16H,3-4,9-11H2,1-2H3,(H,15,17). The molecule has 2 N–H and O–H groups in total. The van der Waals surface area contributed by atoms with Gasteiger partial charge >= 0.3 is 0 Å². The summed E-state index contributed by atoms with van der Waals surface area (Å²) in [6.07, 6.45) is 1.45. The van der Waals surface area contributed by atoms with Crippen LogP contribution in [0.2, 0.25) is 0 Å². The number of hydrogen-bond acceptors (Lipinski definition) is 4. The van der Waals surface area contributed by atoms with E-state index < -0.39 is 10.0 Å². The Hall–Kier alpha value is -1.60. The molecule has 0 aliphatic carbocycles. The summed E-state index contributed by atoms with van der Waals surface area (Å²) in [6.45, 7) is 2.33. The smallest absolute Gasteiger partial charge is 0.255 e. The Morgan fingerprint density at radius 2 is 1.95 bits per heavy atom. The van der Waals surface area contributed by atoms with E-state index in [1.54, 1.807) is 24.3 Å². The largest absolute Gasteiger partial charge is 0.496 e. The van der Waals surface area contributed by atoms with E-state index in [1.165, 1.54) is 7.11 Å². The summed E-state index contributed by atoms with van der Waals surface area (Å²) in [6, 6.07) is 6.87. The van der Waals surface area contributed by atoms with Crippen LogP contribution in [-0.4, -0.2) is 40.3 Å². The van der Waals surface area contributed by atoms with Crippen molar-refractivity contribution in [1.29, 1.82) is 0 Å². The monoisotopic (exact) mass is 314 g/mol. The highest BCUT2D eigenvalue weighted by molar-refractivity contribution is 7.89. The lowest BCUT2D eigenvalue weighted by molar-refractivity contribution is 0.0951. The van der Waals surface area contributed by atoms with Crippen molar-refractivity contribution in [3.63, 3.8) is 0 Å². The number of para-hydroxylation sites is 1. The summed E-state index contributed by atoms with van der Waals surface area (Å²) >= 11 is 0. The average Bonchev–Trinajstić information content (AvgIpc) is 2.49. The first-order valence-corrected chi connectivity index (χ1v) is 8.54. The van der Waals surface area contributed by atoms with Crippen molar-refractivity contribution in [2.75, 3.05) is 26.0 Å². The summed E-state index contributed by atoms with van der Waals surface area (Å²) in [5.41, 5.74) is 0.425. The lowest BCUT2D eigenvalue weighted by atomic mass is 10.2. The predicted octanol–water partition coefficient (Wildman–Crippen LogP) is 1.14. The molecule has 118 valence electrons. The molecular formula is C14H22N2O4S. The first-order chi connectivity index (χ1) is 10.00. The van der Waals surface area contributed by atoms with E-state index >= 15 is 0 Å². The van der Waals surface area contributed by atoms with Crippen molar-refractivity contribution >= 4 is 15.9 Å². The summed E-state index contributed by atoms with van der Waals surface area (Å²) in [5, 5.41) is 2.66. The molecule has 1 rings (SSSR count). The zero-order valence-electron chi connectivity index (χ0n) is 12.4. The summed E-state index contributed by atoms with van der Waals surface area (Å²) < 4.78 is 30.7. The molecule has 7 heteroatoms. The molecule has 0 atom stereocenters. The van der Waals surface area contributed by atoms with Crippen LogP contribution in [0.5, 0.6) is 5.75 Å². The zero-order valence-corrected chi connectivity index (χ0v) is 13.2. The molecule has 0 bridgehead atoms. The van der Waals surface area contributed by atoms with Crippen LogP contribution in [-0.2, 0) is 10.0 Å². The maximum Gasteiger partial charge on any atom is 0.255 e. The van der Waals surface area contributed by atoms with Gasteiger partial charge in [-0.1, -0.05) is 25.5 Å². The van der Waals surface area contributed by atoms with Gasteiger partial charge in [0.2, 0.25) is 10.0 Å². The lowest BCUT2D eigenvalue weighted by Gasteiger charge is -2.10. The molecule has 0 aromatic heterocycles. The average molecular weight is 314 g/mol. The zero-order chi connectivity index (χ0) is 15.7. The fourth-order valence-corrected chi connectivity index (χ4v) is 2.94. The molecule has 1 amide bonds. The third kappa shape index (κ3) is 6.14. The quantitative estimate of drug-likeness (QED) is 0.670. The molecule has 0 saturated heterocycles. The van der Waals surface area contributed by atoms with Crippen LogP contribution in [0.3, 0.4) is 0 Å². The molecule has 6 nitrogen and oxygen atoms in total. The topological polar surface area (TPSA) is 84.5 Å². The molecular weight excluding hydrogens is 292 g/mol. The van der Waals surface area contributed by atoms with Gasteiger partial charge in [-0.05, 0) is 18.6 Å². The number of rotatable bonds is 9. The molecule has 21 heavy (non-hydrogen) atoms. The molecule has 0 aliphatic rings. The minimum Gasteiger partial charge on any atom is -0.496 e. The number of hydrogen-bond donors (Lipinski definition) is 2. The number of benzene rings is 1. The van der Waals surface area contributed by atoms with E-state index in [0.29, 0.717) is 17.7 Å². The van der Waals surface area contributed by atoms with Gasteiger partial charge in [-0.25, -0.2) is 13.1 Å². The van der Waals surface area contributed by atoms with Crippen LogP contribution >= 0.6 is 0 Å². The first kappa shape index (κ1) is 17.5. The Balaban J connectivity index is 2.41. The van der Waals surface area contributed by atoms with Crippen molar-refractivity contribution in [3.8, 4) is 5.75 Å². The van der Waals surface area contributed by atoms with Crippen molar-refractivity contribution < 1.29 is 17.9 Å². The normalized spacial score (nSPS) is 11.1. The van der Waals surface area contributed by atoms with Crippen LogP contribution < -0.4 is 14.8 Å². The van der Waals surface area contributed by atoms with Crippen LogP contribution in [0.1, 0.15) is 30.1 Å². The number of sulfonamides is 1. The maximum atomic E-state index is 12.0. The third-order valence-corrected chi connectivity index (χ3v) is 4.32. The Morgan fingerprint density at radius 1 is 1.24 bits per heavy atom. The number of carbonyl (C=O) groups is 1. The number of carbonyl (C=O) groups excluding carboxylic acids is 1. The molecule has 0 heterocycles. The number of nitrogens with one attached hydrogen (secondary N) is 2. The van der Waals surface area contributed by atoms with Crippen molar-refractivity contribution in [2.24, 2.45) is 0 Å². The van der Waals surface area contributed by atoms with Crippen LogP contribution in [0.4, 0.5) is 0 Å². The van der Waals surface area contributed by atoms with Gasteiger partial charge in [-0.15, -0.1) is 0 Å². The van der Waals surface area contributed by atoms with E-state index in [0.717, 1.165) is 6.42 Å². The molecule has 0 unspecified atom stereocenters. The first-order valence-electron chi connectivity index (χ1n) is 6.88. The summed E-state index contributed by atoms with van der Waals surface area (Å²) in [5.74, 6) is 0.308. The van der Waals surface area contributed by atoms with Crippen LogP contribution in [0, 0.1) is 0 Å². The molecule has 0 saturated carbocycles. The fourth-order valence-electron chi connectivity index (χ4n) is 1.72. The molecule has 1 aromatic rings.